The van der Waals surface area contributed by atoms with E-state index in [1.807, 2.05) is 6.07 Å². The molecule has 92 valence electrons. The lowest BCUT2D eigenvalue weighted by molar-refractivity contribution is -0.162. The van der Waals surface area contributed by atoms with Crippen LogP contribution in [0.3, 0.4) is 0 Å². The van der Waals surface area contributed by atoms with E-state index in [0.29, 0.717) is 0 Å². The Balaban J connectivity index is 3.02. The van der Waals surface area contributed by atoms with Gasteiger partial charge in [-0.1, -0.05) is 0 Å². The monoisotopic (exact) mass is 238 g/mol. The normalized spacial score (nSPS) is 27.2. The highest BCUT2D eigenvalue weighted by atomic mass is 16.5. The molecule has 0 aliphatic carbocycles. The zero-order valence-corrected chi connectivity index (χ0v) is 9.94. The molecule has 1 amide bonds. The summed E-state index contributed by atoms with van der Waals surface area (Å²) < 4.78 is 9.99. The Labute approximate surface area is 99.2 Å². The topological polar surface area (TPSA) is 88.4 Å². The van der Waals surface area contributed by atoms with E-state index in [9.17, 15) is 9.59 Å². The summed E-state index contributed by atoms with van der Waals surface area (Å²) in [5.74, 6) is -1.43. The number of carbonyl (C=O) groups is 2. The van der Waals surface area contributed by atoms with Crippen molar-refractivity contribution in [3.63, 3.8) is 0 Å². The van der Waals surface area contributed by atoms with E-state index < -0.39 is 17.6 Å². The largest absolute Gasteiger partial charge is 0.469 e. The van der Waals surface area contributed by atoms with Gasteiger partial charge < -0.3 is 14.8 Å². The predicted molar refractivity (Wildman–Crippen MR) is 57.1 cm³/mol. The lowest BCUT2D eigenvalue weighted by Crippen LogP contribution is -2.56. The lowest BCUT2D eigenvalue weighted by atomic mass is 9.90. The molecule has 0 fully saturated rings. The third-order valence-corrected chi connectivity index (χ3v) is 2.55. The number of rotatable bonds is 2. The van der Waals surface area contributed by atoms with Gasteiger partial charge in [-0.15, -0.1) is 0 Å². The molecule has 0 aromatic heterocycles. The number of methoxy groups -OCH3 is 1. The van der Waals surface area contributed by atoms with Gasteiger partial charge >= 0.3 is 5.97 Å². The molecule has 0 bridgehead atoms. The second-order valence-corrected chi connectivity index (χ2v) is 3.88. The van der Waals surface area contributed by atoms with Crippen molar-refractivity contribution in [3.8, 4) is 6.07 Å². The summed E-state index contributed by atoms with van der Waals surface area (Å²) >= 11 is 0. The Morgan fingerprint density at radius 3 is 2.82 bits per heavy atom. The predicted octanol–water partition coefficient (Wildman–Crippen LogP) is 0.456. The maximum Gasteiger partial charge on any atom is 0.315 e. The highest BCUT2D eigenvalue weighted by molar-refractivity contribution is 5.78. The molecule has 0 spiro atoms. The van der Waals surface area contributed by atoms with E-state index in [0.717, 1.165) is 0 Å². The minimum Gasteiger partial charge on any atom is -0.469 e. The minimum atomic E-state index is -1.25. The number of ether oxygens (including phenoxy) is 2. The van der Waals surface area contributed by atoms with Crippen LogP contribution in [0.5, 0.6) is 0 Å². The van der Waals surface area contributed by atoms with Crippen LogP contribution in [0.15, 0.2) is 11.8 Å². The van der Waals surface area contributed by atoms with E-state index in [1.54, 1.807) is 6.92 Å². The van der Waals surface area contributed by atoms with Crippen molar-refractivity contribution < 1.29 is 19.1 Å². The third kappa shape index (κ3) is 2.75. The maximum atomic E-state index is 11.6. The fourth-order valence-corrected chi connectivity index (χ4v) is 1.78. The van der Waals surface area contributed by atoms with Gasteiger partial charge in [-0.25, -0.2) is 0 Å². The molecule has 1 aliphatic rings. The Bertz CT molecular complexity index is 410. The van der Waals surface area contributed by atoms with Crippen LogP contribution in [0.25, 0.3) is 0 Å². The van der Waals surface area contributed by atoms with Crippen molar-refractivity contribution in [3.05, 3.63) is 11.8 Å². The van der Waals surface area contributed by atoms with Crippen molar-refractivity contribution in [2.75, 3.05) is 7.11 Å². The first kappa shape index (κ1) is 13.0. The molecule has 1 N–H and O–H groups in total. The van der Waals surface area contributed by atoms with Crippen molar-refractivity contribution in [2.45, 2.75) is 26.0 Å². The second kappa shape index (κ2) is 4.87. The van der Waals surface area contributed by atoms with Crippen molar-refractivity contribution in [2.24, 2.45) is 5.92 Å². The number of amides is 1. The first-order chi connectivity index (χ1) is 7.92. The number of nitrogens with one attached hydrogen (secondary N) is 1. The molecule has 1 unspecified atom stereocenters. The van der Waals surface area contributed by atoms with Gasteiger partial charge in [0.25, 0.3) is 0 Å². The summed E-state index contributed by atoms with van der Waals surface area (Å²) in [7, 11) is 1.26. The van der Waals surface area contributed by atoms with Crippen LogP contribution in [-0.2, 0) is 19.1 Å². The number of hydrogen-bond donors (Lipinski definition) is 1. The Kier molecular flexibility index (Phi) is 3.73. The Hall–Kier alpha value is -2.03. The second-order valence-electron chi connectivity index (χ2n) is 3.88. The maximum absolute atomic E-state index is 11.6. The van der Waals surface area contributed by atoms with Crippen LogP contribution in [-0.4, -0.2) is 24.7 Å². The van der Waals surface area contributed by atoms with Gasteiger partial charge in [-0.05, 0) is 19.4 Å². The van der Waals surface area contributed by atoms with Crippen molar-refractivity contribution >= 4 is 11.9 Å². The molecule has 6 nitrogen and oxygen atoms in total. The summed E-state index contributed by atoms with van der Waals surface area (Å²) in [6.45, 7) is 2.85. The number of esters is 1. The summed E-state index contributed by atoms with van der Waals surface area (Å²) in [4.78, 5) is 22.7. The lowest BCUT2D eigenvalue weighted by Gasteiger charge is -2.38. The number of nitriles is 1. The first-order valence-corrected chi connectivity index (χ1v) is 5.08. The Morgan fingerprint density at radius 2 is 2.35 bits per heavy atom. The van der Waals surface area contributed by atoms with Crippen LogP contribution in [0.4, 0.5) is 0 Å². The van der Waals surface area contributed by atoms with Crippen LogP contribution in [0.1, 0.15) is 20.3 Å². The zero-order valence-electron chi connectivity index (χ0n) is 9.94. The van der Waals surface area contributed by atoms with Gasteiger partial charge in [-0.2, -0.15) is 5.26 Å². The van der Waals surface area contributed by atoms with Gasteiger partial charge in [0, 0.05) is 6.92 Å². The SMILES string of the molecule is COC(=O)C1CC=C(C#N)O[C@@]1(C)NC(C)=O. The molecule has 2 atom stereocenters. The molecule has 0 aromatic carbocycles. The smallest absolute Gasteiger partial charge is 0.315 e. The van der Waals surface area contributed by atoms with Gasteiger partial charge in [0.2, 0.25) is 5.91 Å². The number of allylic oxidation sites excluding steroid dienone is 2. The van der Waals surface area contributed by atoms with Gasteiger partial charge in [0.15, 0.2) is 11.5 Å². The average molecular weight is 238 g/mol. The molecule has 0 radical (unpaired) electrons. The molecule has 17 heavy (non-hydrogen) atoms. The van der Waals surface area contributed by atoms with Gasteiger partial charge in [-0.3, -0.25) is 9.59 Å². The van der Waals surface area contributed by atoms with E-state index in [2.05, 4.69) is 10.1 Å². The highest BCUT2D eigenvalue weighted by Gasteiger charge is 2.45. The standard InChI is InChI=1S/C11H14N2O4/c1-7(14)13-11(2)9(10(15)16-3)5-4-8(6-12)17-11/h4,9H,5H2,1-3H3,(H,13,14)/t9?,11-/m1/s1. The number of hydrogen-bond acceptors (Lipinski definition) is 5. The summed E-state index contributed by atoms with van der Waals surface area (Å²) in [6, 6.07) is 1.85. The fraction of sp³-hybridized carbons (Fsp3) is 0.545. The molecular weight excluding hydrogens is 224 g/mol. The van der Waals surface area contributed by atoms with E-state index in [-0.39, 0.29) is 18.1 Å². The molecule has 0 saturated heterocycles. The average Bonchev–Trinajstić information content (AvgIpc) is 2.26. The number of nitrogens with zero attached hydrogens (tertiary/aromatic N) is 1. The number of carbonyl (C=O) groups excluding carboxylic acids is 2. The van der Waals surface area contributed by atoms with Crippen LogP contribution >= 0.6 is 0 Å². The molecule has 0 saturated carbocycles. The van der Waals surface area contributed by atoms with E-state index in [4.69, 9.17) is 10.00 Å². The molecule has 1 aliphatic heterocycles. The summed E-state index contributed by atoms with van der Waals surface area (Å²) in [5.41, 5.74) is -1.25. The van der Waals surface area contributed by atoms with Crippen molar-refractivity contribution in [1.29, 1.82) is 5.26 Å². The van der Waals surface area contributed by atoms with Crippen LogP contribution in [0.2, 0.25) is 0 Å². The fourth-order valence-electron chi connectivity index (χ4n) is 1.78. The quantitative estimate of drug-likeness (QED) is 0.706. The van der Waals surface area contributed by atoms with E-state index >= 15 is 0 Å². The first-order valence-electron chi connectivity index (χ1n) is 5.08. The minimum absolute atomic E-state index is 0.0846. The van der Waals surface area contributed by atoms with Crippen LogP contribution < -0.4 is 5.32 Å². The van der Waals surface area contributed by atoms with Gasteiger partial charge in [0.05, 0.1) is 7.11 Å². The molecule has 6 heteroatoms. The van der Waals surface area contributed by atoms with Crippen LogP contribution in [0, 0.1) is 17.2 Å². The van der Waals surface area contributed by atoms with E-state index in [1.165, 1.54) is 20.1 Å². The van der Waals surface area contributed by atoms with Gasteiger partial charge in [0.1, 0.15) is 12.0 Å². The summed E-state index contributed by atoms with van der Waals surface area (Å²) in [5, 5.41) is 11.3. The third-order valence-electron chi connectivity index (χ3n) is 2.55. The zero-order chi connectivity index (χ0) is 13.1. The molecule has 1 rings (SSSR count). The molecule has 1 heterocycles. The van der Waals surface area contributed by atoms with Crippen molar-refractivity contribution in [1.82, 2.24) is 5.32 Å². The Morgan fingerprint density at radius 1 is 1.71 bits per heavy atom. The highest BCUT2D eigenvalue weighted by Crippen LogP contribution is 2.31. The summed E-state index contributed by atoms with van der Waals surface area (Å²) in [6.07, 6.45) is 1.79. The molecule has 0 aromatic rings. The molecular formula is C11H14N2O4.